The van der Waals surface area contributed by atoms with Crippen LogP contribution in [0.4, 0.5) is 13.2 Å². The molecule has 0 heterocycles. The fourth-order valence-electron chi connectivity index (χ4n) is 1.21. The van der Waals surface area contributed by atoms with Gasteiger partial charge in [0.2, 0.25) is 0 Å². The zero-order valence-corrected chi connectivity index (χ0v) is 10.8. The average molecular weight is 329 g/mol. The molecule has 94 valence electrons. The van der Waals surface area contributed by atoms with E-state index in [-0.39, 0.29) is 29.5 Å². The summed E-state index contributed by atoms with van der Waals surface area (Å²) in [6.45, 7) is 0. The van der Waals surface area contributed by atoms with Crippen LogP contribution in [0.5, 0.6) is 0 Å². The molecule has 0 atom stereocenters. The molecule has 0 fully saturated rings. The highest BCUT2D eigenvalue weighted by molar-refractivity contribution is 9.10. The van der Waals surface area contributed by atoms with Gasteiger partial charge in [0, 0.05) is 15.8 Å². The smallest absolute Gasteiger partial charge is 0.446 e. The van der Waals surface area contributed by atoms with Crippen LogP contribution in [0.1, 0.15) is 12.0 Å². The third-order valence-corrected chi connectivity index (χ3v) is 2.95. The number of carboxylic acid groups (broad SMARTS) is 1. The van der Waals surface area contributed by atoms with Crippen LogP contribution in [-0.2, 0) is 11.2 Å². The van der Waals surface area contributed by atoms with E-state index < -0.39 is 11.5 Å². The Labute approximate surface area is 108 Å². The van der Waals surface area contributed by atoms with Gasteiger partial charge in [-0.15, -0.1) is 0 Å². The van der Waals surface area contributed by atoms with Crippen LogP contribution < -0.4 is 0 Å². The molecule has 0 aromatic heterocycles. The van der Waals surface area contributed by atoms with E-state index in [1.165, 1.54) is 12.1 Å². The molecule has 1 rings (SSSR count). The number of carboxylic acids is 1. The summed E-state index contributed by atoms with van der Waals surface area (Å²) >= 11 is 2.89. The monoisotopic (exact) mass is 328 g/mol. The van der Waals surface area contributed by atoms with Crippen molar-refractivity contribution in [2.24, 2.45) is 0 Å². The number of aryl methyl sites for hydroxylation is 1. The van der Waals surface area contributed by atoms with Gasteiger partial charge in [-0.25, -0.2) is 0 Å². The summed E-state index contributed by atoms with van der Waals surface area (Å²) in [5.74, 6) is -0.977. The van der Waals surface area contributed by atoms with Crippen LogP contribution in [0.15, 0.2) is 27.6 Å². The number of benzene rings is 1. The van der Waals surface area contributed by atoms with Crippen molar-refractivity contribution in [1.82, 2.24) is 0 Å². The summed E-state index contributed by atoms with van der Waals surface area (Å²) in [5.41, 5.74) is -3.78. The maximum atomic E-state index is 12.2. The molecular weight excluding hydrogens is 321 g/mol. The Morgan fingerprint density at radius 1 is 1.35 bits per heavy atom. The third kappa shape index (κ3) is 5.97. The molecule has 1 aromatic rings. The van der Waals surface area contributed by atoms with E-state index in [1.807, 2.05) is 0 Å². The molecule has 7 heteroatoms. The maximum Gasteiger partial charge on any atom is 0.446 e. The number of carbonyl (C=O) groups is 1. The second kappa shape index (κ2) is 5.77. The van der Waals surface area contributed by atoms with Crippen LogP contribution in [0.2, 0.25) is 0 Å². The number of alkyl halides is 3. The predicted octanol–water partition coefficient (Wildman–Crippen LogP) is 4.08. The molecule has 0 aliphatic carbocycles. The maximum absolute atomic E-state index is 12.2. The highest BCUT2D eigenvalue weighted by atomic mass is 79.9. The lowest BCUT2D eigenvalue weighted by Crippen LogP contribution is -2.00. The summed E-state index contributed by atoms with van der Waals surface area (Å²) in [6.07, 6.45) is 0.104. The standard InChI is InChI=1S/C10H8BrF3O2S/c11-7-3-6(1-2-9(15)16)4-8(5-7)17-10(12,13)14/h3-5H,1-2H2,(H,15,16). The second-order valence-corrected chi connectivity index (χ2v) is 5.29. The van der Waals surface area contributed by atoms with Crippen molar-refractivity contribution in [2.45, 2.75) is 23.2 Å². The Hall–Kier alpha value is -0.690. The van der Waals surface area contributed by atoms with Gasteiger partial charge < -0.3 is 5.11 Å². The minimum Gasteiger partial charge on any atom is -0.481 e. The lowest BCUT2D eigenvalue weighted by molar-refractivity contribution is -0.136. The Balaban J connectivity index is 2.83. The minimum absolute atomic E-state index is 0.0484. The van der Waals surface area contributed by atoms with Gasteiger partial charge in [0.1, 0.15) is 0 Å². The SMILES string of the molecule is O=C(O)CCc1cc(Br)cc(SC(F)(F)F)c1. The molecule has 0 spiro atoms. The topological polar surface area (TPSA) is 37.3 Å². The molecule has 1 aromatic carbocycles. The Bertz CT molecular complexity index is 421. The molecule has 0 radical (unpaired) electrons. The molecule has 0 unspecified atom stereocenters. The first kappa shape index (κ1) is 14.4. The molecule has 0 saturated carbocycles. The predicted molar refractivity (Wildman–Crippen MR) is 62.0 cm³/mol. The van der Waals surface area contributed by atoms with Crippen molar-refractivity contribution in [3.05, 3.63) is 28.2 Å². The van der Waals surface area contributed by atoms with Gasteiger partial charge in [0.15, 0.2) is 0 Å². The lowest BCUT2D eigenvalue weighted by atomic mass is 10.1. The van der Waals surface area contributed by atoms with Gasteiger partial charge >= 0.3 is 11.5 Å². The first-order valence-corrected chi connectivity index (χ1v) is 6.14. The first-order valence-electron chi connectivity index (χ1n) is 4.53. The number of aliphatic carboxylic acids is 1. The molecule has 0 bridgehead atoms. The Kier molecular flexibility index (Phi) is 4.88. The molecule has 0 aliphatic heterocycles. The molecule has 17 heavy (non-hydrogen) atoms. The van der Waals surface area contributed by atoms with Gasteiger partial charge in [-0.1, -0.05) is 15.9 Å². The third-order valence-electron chi connectivity index (χ3n) is 1.79. The molecule has 0 saturated heterocycles. The largest absolute Gasteiger partial charge is 0.481 e. The van der Waals surface area contributed by atoms with Crippen molar-refractivity contribution in [1.29, 1.82) is 0 Å². The van der Waals surface area contributed by atoms with E-state index in [0.717, 1.165) is 0 Å². The fourth-order valence-corrected chi connectivity index (χ4v) is 2.56. The van der Waals surface area contributed by atoms with Crippen molar-refractivity contribution in [3.63, 3.8) is 0 Å². The molecule has 0 amide bonds. The summed E-state index contributed by atoms with van der Waals surface area (Å²) < 4.78 is 37.0. The summed E-state index contributed by atoms with van der Waals surface area (Å²) in [6, 6.07) is 4.32. The van der Waals surface area contributed by atoms with E-state index in [1.54, 1.807) is 6.07 Å². The molecular formula is C10H8BrF3O2S. The lowest BCUT2D eigenvalue weighted by Gasteiger charge is -2.08. The number of halogens is 4. The van der Waals surface area contributed by atoms with Crippen molar-refractivity contribution in [3.8, 4) is 0 Å². The van der Waals surface area contributed by atoms with E-state index in [4.69, 9.17) is 5.11 Å². The van der Waals surface area contributed by atoms with Crippen molar-refractivity contribution < 1.29 is 23.1 Å². The highest BCUT2D eigenvalue weighted by Gasteiger charge is 2.29. The van der Waals surface area contributed by atoms with Crippen LogP contribution >= 0.6 is 27.7 Å². The minimum atomic E-state index is -4.34. The van der Waals surface area contributed by atoms with Gasteiger partial charge in [0.25, 0.3) is 0 Å². The van der Waals surface area contributed by atoms with Gasteiger partial charge in [-0.3, -0.25) is 4.79 Å². The highest BCUT2D eigenvalue weighted by Crippen LogP contribution is 2.38. The van der Waals surface area contributed by atoms with Crippen molar-refractivity contribution in [2.75, 3.05) is 0 Å². The molecule has 2 nitrogen and oxygen atoms in total. The van der Waals surface area contributed by atoms with Gasteiger partial charge in [0.05, 0.1) is 0 Å². The summed E-state index contributed by atoms with van der Waals surface area (Å²) in [5, 5.41) is 8.50. The van der Waals surface area contributed by atoms with Crippen LogP contribution in [0, 0.1) is 0 Å². The van der Waals surface area contributed by atoms with Gasteiger partial charge in [-0.05, 0) is 41.9 Å². The zero-order chi connectivity index (χ0) is 13.1. The second-order valence-electron chi connectivity index (χ2n) is 3.24. The van der Waals surface area contributed by atoms with Crippen LogP contribution in [0.25, 0.3) is 0 Å². The number of thioether (sulfide) groups is 1. The Morgan fingerprint density at radius 3 is 2.53 bits per heavy atom. The summed E-state index contributed by atoms with van der Waals surface area (Å²) in [4.78, 5) is 10.4. The van der Waals surface area contributed by atoms with Crippen molar-refractivity contribution >= 4 is 33.7 Å². The normalized spacial score (nSPS) is 11.5. The van der Waals surface area contributed by atoms with E-state index in [9.17, 15) is 18.0 Å². The zero-order valence-electron chi connectivity index (χ0n) is 8.42. The summed E-state index contributed by atoms with van der Waals surface area (Å²) in [7, 11) is 0. The first-order chi connectivity index (χ1) is 7.76. The molecule has 0 aliphatic rings. The van der Waals surface area contributed by atoms with E-state index >= 15 is 0 Å². The molecule has 1 N–H and O–H groups in total. The fraction of sp³-hybridized carbons (Fsp3) is 0.300. The Morgan fingerprint density at radius 2 is 2.00 bits per heavy atom. The number of hydrogen-bond acceptors (Lipinski definition) is 2. The van der Waals surface area contributed by atoms with Gasteiger partial charge in [-0.2, -0.15) is 13.2 Å². The van der Waals surface area contributed by atoms with E-state index in [0.29, 0.717) is 10.0 Å². The van der Waals surface area contributed by atoms with Crippen LogP contribution in [-0.4, -0.2) is 16.6 Å². The average Bonchev–Trinajstić information content (AvgIpc) is 2.10. The number of hydrogen-bond donors (Lipinski definition) is 1. The number of rotatable bonds is 4. The van der Waals surface area contributed by atoms with E-state index in [2.05, 4.69) is 15.9 Å². The quantitative estimate of drug-likeness (QED) is 0.846. The van der Waals surface area contributed by atoms with Crippen LogP contribution in [0.3, 0.4) is 0 Å².